The molecule has 0 radical (unpaired) electrons. The summed E-state index contributed by atoms with van der Waals surface area (Å²) in [4.78, 5) is 11.4. The van der Waals surface area contributed by atoms with Crippen molar-refractivity contribution in [2.24, 2.45) is 0 Å². The van der Waals surface area contributed by atoms with Crippen LogP contribution in [-0.2, 0) is 0 Å². The fourth-order valence-electron chi connectivity index (χ4n) is 2.71. The Kier molecular flexibility index (Phi) is 3.22. The summed E-state index contributed by atoms with van der Waals surface area (Å²) in [6.45, 7) is 0. The van der Waals surface area contributed by atoms with Crippen LogP contribution in [0.1, 0.15) is 29.6 Å². The van der Waals surface area contributed by atoms with E-state index in [0.29, 0.717) is 11.3 Å². The third-order valence-electron chi connectivity index (χ3n) is 3.74. The van der Waals surface area contributed by atoms with Crippen LogP contribution in [0.3, 0.4) is 0 Å². The highest BCUT2D eigenvalue weighted by Gasteiger charge is 2.27. The van der Waals surface area contributed by atoms with Gasteiger partial charge in [-0.2, -0.15) is 0 Å². The fraction of sp³-hybridized carbons (Fsp3) is 0.312. The van der Waals surface area contributed by atoms with Crippen molar-refractivity contribution in [1.29, 1.82) is 0 Å². The number of carbonyl (C=O) groups excluding carboxylic acids is 1. The summed E-state index contributed by atoms with van der Waals surface area (Å²) in [6.07, 6.45) is 2.79. The number of ether oxygens (including phenoxy) is 1. The smallest absolute Gasteiger partial charge is 0.154 e. The summed E-state index contributed by atoms with van der Waals surface area (Å²) in [5.41, 5.74) is 0.567. The Bertz CT molecular complexity index is 606. The van der Waals surface area contributed by atoms with Crippen LogP contribution in [0.2, 0.25) is 0 Å². The third-order valence-corrected chi connectivity index (χ3v) is 3.74. The minimum Gasteiger partial charge on any atom is -0.487 e. The van der Waals surface area contributed by atoms with Gasteiger partial charge >= 0.3 is 0 Å². The van der Waals surface area contributed by atoms with E-state index in [1.54, 1.807) is 0 Å². The van der Waals surface area contributed by atoms with Crippen molar-refractivity contribution in [3.05, 3.63) is 42.0 Å². The van der Waals surface area contributed by atoms with Crippen LogP contribution in [0.25, 0.3) is 10.8 Å². The summed E-state index contributed by atoms with van der Waals surface area (Å²) in [7, 11) is 0. The van der Waals surface area contributed by atoms with E-state index < -0.39 is 6.10 Å². The molecule has 2 unspecified atom stereocenters. The van der Waals surface area contributed by atoms with Crippen LogP contribution in [-0.4, -0.2) is 23.6 Å². The summed E-state index contributed by atoms with van der Waals surface area (Å²) in [5, 5.41) is 11.7. The first kappa shape index (κ1) is 12.2. The molecule has 2 atom stereocenters. The molecule has 0 bridgehead atoms. The van der Waals surface area contributed by atoms with Gasteiger partial charge in [0.2, 0.25) is 0 Å². The fourth-order valence-corrected chi connectivity index (χ4v) is 2.71. The van der Waals surface area contributed by atoms with E-state index in [4.69, 9.17) is 4.74 Å². The molecular formula is C16H16O3. The zero-order valence-corrected chi connectivity index (χ0v) is 10.6. The molecule has 3 rings (SSSR count). The Morgan fingerprint density at radius 2 is 2.00 bits per heavy atom. The first-order chi connectivity index (χ1) is 9.29. The monoisotopic (exact) mass is 256 g/mol. The Morgan fingerprint density at radius 3 is 2.74 bits per heavy atom. The molecule has 3 heteroatoms. The van der Waals surface area contributed by atoms with Crippen LogP contribution in [0.5, 0.6) is 5.75 Å². The zero-order valence-electron chi connectivity index (χ0n) is 10.6. The average molecular weight is 256 g/mol. The van der Waals surface area contributed by atoms with E-state index in [0.717, 1.165) is 36.3 Å². The van der Waals surface area contributed by atoms with E-state index in [1.165, 1.54) is 0 Å². The molecule has 1 N–H and O–H groups in total. The van der Waals surface area contributed by atoms with E-state index in [2.05, 4.69) is 0 Å². The number of aliphatic hydroxyl groups is 1. The second-order valence-corrected chi connectivity index (χ2v) is 4.97. The number of aliphatic hydroxyl groups excluding tert-OH is 1. The third kappa shape index (κ3) is 2.22. The Labute approximate surface area is 111 Å². The molecule has 0 saturated heterocycles. The quantitative estimate of drug-likeness (QED) is 0.859. The summed E-state index contributed by atoms with van der Waals surface area (Å²) in [5.74, 6) is 0.569. The van der Waals surface area contributed by atoms with Crippen molar-refractivity contribution < 1.29 is 14.6 Å². The van der Waals surface area contributed by atoms with Gasteiger partial charge < -0.3 is 9.84 Å². The summed E-state index contributed by atoms with van der Waals surface area (Å²) >= 11 is 0. The van der Waals surface area contributed by atoms with E-state index >= 15 is 0 Å². The molecule has 2 aromatic carbocycles. The molecule has 1 fully saturated rings. The van der Waals surface area contributed by atoms with Gasteiger partial charge in [-0.15, -0.1) is 0 Å². The topological polar surface area (TPSA) is 46.5 Å². The first-order valence-corrected chi connectivity index (χ1v) is 6.61. The number of carbonyl (C=O) groups is 1. The molecule has 0 heterocycles. The van der Waals surface area contributed by atoms with Crippen molar-refractivity contribution in [3.63, 3.8) is 0 Å². The average Bonchev–Trinajstić information content (AvgIpc) is 2.84. The Hall–Kier alpha value is -1.87. The van der Waals surface area contributed by atoms with E-state index in [-0.39, 0.29) is 6.10 Å². The SMILES string of the molecule is O=Cc1c(OC2CCCC2O)ccc2ccccc12. The number of hydrogen-bond acceptors (Lipinski definition) is 3. The highest BCUT2D eigenvalue weighted by Crippen LogP contribution is 2.30. The molecule has 1 aliphatic carbocycles. The maximum absolute atomic E-state index is 11.4. The zero-order chi connectivity index (χ0) is 13.2. The maximum Gasteiger partial charge on any atom is 0.154 e. The highest BCUT2D eigenvalue weighted by molar-refractivity contribution is 6.00. The molecule has 1 aliphatic rings. The minimum atomic E-state index is -0.425. The summed E-state index contributed by atoms with van der Waals surface area (Å²) in [6, 6.07) is 11.5. The predicted molar refractivity (Wildman–Crippen MR) is 73.6 cm³/mol. The van der Waals surface area contributed by atoms with Gasteiger partial charge in [-0.05, 0) is 36.1 Å². The van der Waals surface area contributed by atoms with Crippen LogP contribution in [0, 0.1) is 0 Å². The van der Waals surface area contributed by atoms with Gasteiger partial charge in [-0.25, -0.2) is 0 Å². The van der Waals surface area contributed by atoms with Gasteiger partial charge in [0.05, 0.1) is 11.7 Å². The van der Waals surface area contributed by atoms with E-state index in [9.17, 15) is 9.90 Å². The normalized spacial score (nSPS) is 22.6. The number of fused-ring (bicyclic) bond motifs is 1. The first-order valence-electron chi connectivity index (χ1n) is 6.61. The Balaban J connectivity index is 2.01. The van der Waals surface area contributed by atoms with Crippen molar-refractivity contribution in [1.82, 2.24) is 0 Å². The van der Waals surface area contributed by atoms with Gasteiger partial charge in [0.15, 0.2) is 6.29 Å². The van der Waals surface area contributed by atoms with Gasteiger partial charge in [-0.1, -0.05) is 30.3 Å². The number of hydrogen-bond donors (Lipinski definition) is 1. The molecule has 98 valence electrons. The number of aldehydes is 1. The van der Waals surface area contributed by atoms with Gasteiger partial charge in [-0.3, -0.25) is 4.79 Å². The molecule has 0 aromatic heterocycles. The lowest BCUT2D eigenvalue weighted by Gasteiger charge is -2.19. The number of rotatable bonds is 3. The van der Waals surface area contributed by atoms with Gasteiger partial charge in [0.1, 0.15) is 11.9 Å². The second-order valence-electron chi connectivity index (χ2n) is 4.97. The van der Waals surface area contributed by atoms with Crippen LogP contribution >= 0.6 is 0 Å². The minimum absolute atomic E-state index is 0.195. The predicted octanol–water partition coefficient (Wildman–Crippen LogP) is 2.94. The molecule has 1 saturated carbocycles. The molecule has 0 aliphatic heterocycles. The van der Waals surface area contributed by atoms with Gasteiger partial charge in [0.25, 0.3) is 0 Å². The molecule has 0 amide bonds. The molecule has 0 spiro atoms. The van der Waals surface area contributed by atoms with Gasteiger partial charge in [0, 0.05) is 0 Å². The van der Waals surface area contributed by atoms with Crippen LogP contribution in [0.4, 0.5) is 0 Å². The lowest BCUT2D eigenvalue weighted by molar-refractivity contribution is 0.0598. The largest absolute Gasteiger partial charge is 0.487 e. The summed E-state index contributed by atoms with van der Waals surface area (Å²) < 4.78 is 5.84. The molecule has 19 heavy (non-hydrogen) atoms. The molecule has 2 aromatic rings. The van der Waals surface area contributed by atoms with Crippen molar-refractivity contribution in [2.75, 3.05) is 0 Å². The lowest BCUT2D eigenvalue weighted by Crippen LogP contribution is -2.26. The molecule has 3 nitrogen and oxygen atoms in total. The standard InChI is InChI=1S/C16H16O3/c17-10-13-12-5-2-1-4-11(12)8-9-15(13)19-16-7-3-6-14(16)18/h1-2,4-5,8-10,14,16,18H,3,6-7H2. The molecular weight excluding hydrogens is 240 g/mol. The van der Waals surface area contributed by atoms with Crippen LogP contribution in [0.15, 0.2) is 36.4 Å². The van der Waals surface area contributed by atoms with E-state index in [1.807, 2.05) is 36.4 Å². The van der Waals surface area contributed by atoms with Crippen LogP contribution < -0.4 is 4.74 Å². The van der Waals surface area contributed by atoms with Crippen molar-refractivity contribution in [2.45, 2.75) is 31.5 Å². The second kappa shape index (κ2) is 5.02. The van der Waals surface area contributed by atoms with Crippen molar-refractivity contribution in [3.8, 4) is 5.75 Å². The van der Waals surface area contributed by atoms with Crippen molar-refractivity contribution >= 4 is 17.1 Å². The maximum atomic E-state index is 11.4. The highest BCUT2D eigenvalue weighted by atomic mass is 16.5. The number of benzene rings is 2. The lowest BCUT2D eigenvalue weighted by atomic mass is 10.0. The Morgan fingerprint density at radius 1 is 1.16 bits per heavy atom.